The minimum Gasteiger partial charge on any atom is -0.353 e. The van der Waals surface area contributed by atoms with E-state index < -0.39 is 0 Å². The third-order valence-electron chi connectivity index (χ3n) is 2.67. The van der Waals surface area contributed by atoms with Crippen molar-refractivity contribution in [3.8, 4) is 0 Å². The molecule has 0 N–H and O–H groups in total. The lowest BCUT2D eigenvalue weighted by molar-refractivity contribution is -0.115. The van der Waals surface area contributed by atoms with Gasteiger partial charge in [-0.3, -0.25) is 9.79 Å². The van der Waals surface area contributed by atoms with Crippen molar-refractivity contribution in [1.29, 1.82) is 0 Å². The normalized spacial score (nSPS) is 22.2. The molecule has 0 saturated carbocycles. The van der Waals surface area contributed by atoms with Crippen molar-refractivity contribution in [2.75, 3.05) is 38.7 Å². The van der Waals surface area contributed by atoms with E-state index in [1.807, 2.05) is 25.9 Å². The molecule has 0 atom stereocenters. The monoisotopic (exact) mass is 314 g/mol. The van der Waals surface area contributed by atoms with Gasteiger partial charge in [-0.25, -0.2) is 0 Å². The summed E-state index contributed by atoms with van der Waals surface area (Å²) in [6, 6.07) is 0. The molecule has 5 nitrogen and oxygen atoms in total. The van der Waals surface area contributed by atoms with Gasteiger partial charge >= 0.3 is 0 Å². The predicted molar refractivity (Wildman–Crippen MR) is 90.5 cm³/mol. The Bertz CT molecular complexity index is 434. The van der Waals surface area contributed by atoms with Gasteiger partial charge in [0, 0.05) is 51.3 Å². The number of hydrogen-bond donors (Lipinski definition) is 0. The van der Waals surface area contributed by atoms with Gasteiger partial charge in [0.25, 0.3) is 0 Å². The molecule has 2 aliphatic heterocycles. The summed E-state index contributed by atoms with van der Waals surface area (Å²) in [5, 5.41) is 1.96. The number of rotatable bonds is 1. The lowest BCUT2D eigenvalue weighted by Gasteiger charge is -2.16. The van der Waals surface area contributed by atoms with Crippen molar-refractivity contribution in [1.82, 2.24) is 9.80 Å². The average molecular weight is 314 g/mol. The Morgan fingerprint density at radius 2 is 1.80 bits per heavy atom. The van der Waals surface area contributed by atoms with Crippen molar-refractivity contribution in [3.05, 3.63) is 12.3 Å². The van der Waals surface area contributed by atoms with Gasteiger partial charge in [0.1, 0.15) is 0 Å². The summed E-state index contributed by atoms with van der Waals surface area (Å²) in [6.07, 6.45) is 0. The van der Waals surface area contributed by atoms with E-state index in [9.17, 15) is 4.79 Å². The minimum atomic E-state index is -0.115. The van der Waals surface area contributed by atoms with Gasteiger partial charge in [-0.1, -0.05) is 30.1 Å². The first-order chi connectivity index (χ1) is 9.45. The van der Waals surface area contributed by atoms with Crippen molar-refractivity contribution >= 4 is 39.8 Å². The maximum Gasteiger partial charge on any atom is 0.244 e. The molecule has 0 spiro atoms. The van der Waals surface area contributed by atoms with Gasteiger partial charge in [-0.05, 0) is 6.92 Å². The Morgan fingerprint density at radius 1 is 1.20 bits per heavy atom. The summed E-state index contributed by atoms with van der Waals surface area (Å²) in [5.41, 5.74) is 1.09. The molecule has 2 fully saturated rings. The lowest BCUT2D eigenvalue weighted by Crippen LogP contribution is -2.21. The van der Waals surface area contributed by atoms with Crippen molar-refractivity contribution in [2.45, 2.75) is 13.8 Å². The van der Waals surface area contributed by atoms with Gasteiger partial charge < -0.3 is 9.80 Å². The first kappa shape index (κ1) is 17.1. The van der Waals surface area contributed by atoms with Crippen LogP contribution in [-0.4, -0.2) is 64.7 Å². The molecule has 20 heavy (non-hydrogen) atoms. The lowest BCUT2D eigenvalue weighted by atomic mass is 10.5. The van der Waals surface area contributed by atoms with Crippen LogP contribution in [0.1, 0.15) is 13.8 Å². The quantitative estimate of drug-likeness (QED) is 0.742. The highest BCUT2D eigenvalue weighted by Gasteiger charge is 2.18. The number of amides is 1. The highest BCUT2D eigenvalue weighted by Crippen LogP contribution is 2.20. The van der Waals surface area contributed by atoms with Crippen LogP contribution in [0.15, 0.2) is 22.3 Å². The molecule has 0 aromatic rings. The van der Waals surface area contributed by atoms with Crippen LogP contribution in [0.2, 0.25) is 0 Å². The molecule has 0 aliphatic carbocycles. The predicted octanol–water partition coefficient (Wildman–Crippen LogP) is 2.12. The second kappa shape index (κ2) is 8.36. The standard InChI is InChI=1S/C7H12N2S.C6H10N2OS/c1-6(2)9-4-5-10-7(9)8-3;1-5(9)7-6-8(2)3-4-10-6/h1,4-5H2,2-3H3;3-4H2,1-2H3. The van der Waals surface area contributed by atoms with Crippen molar-refractivity contribution < 1.29 is 4.79 Å². The smallest absolute Gasteiger partial charge is 0.244 e. The number of allylic oxidation sites excluding steroid dienone is 1. The van der Waals surface area contributed by atoms with E-state index in [0.717, 1.165) is 40.6 Å². The fourth-order valence-corrected chi connectivity index (χ4v) is 3.71. The Hall–Kier alpha value is -0.950. The largest absolute Gasteiger partial charge is 0.353 e. The van der Waals surface area contributed by atoms with Crippen LogP contribution in [0.4, 0.5) is 0 Å². The van der Waals surface area contributed by atoms with Gasteiger partial charge in [0.15, 0.2) is 10.3 Å². The molecule has 0 bridgehead atoms. The molecular formula is C13H22N4OS2. The zero-order chi connectivity index (χ0) is 15.1. The minimum absolute atomic E-state index is 0.115. The first-order valence-corrected chi connectivity index (χ1v) is 8.38. The second-order valence-corrected chi connectivity index (χ2v) is 6.55. The highest BCUT2D eigenvalue weighted by atomic mass is 32.2. The Labute approximate surface area is 129 Å². The maximum atomic E-state index is 10.5. The molecule has 0 radical (unpaired) electrons. The zero-order valence-corrected chi connectivity index (χ0v) is 14.2. The summed E-state index contributed by atoms with van der Waals surface area (Å²) in [7, 11) is 3.77. The van der Waals surface area contributed by atoms with Crippen LogP contribution in [0, 0.1) is 0 Å². The maximum absolute atomic E-state index is 10.5. The summed E-state index contributed by atoms with van der Waals surface area (Å²) < 4.78 is 0. The van der Waals surface area contributed by atoms with Gasteiger partial charge in [-0.15, -0.1) is 0 Å². The van der Waals surface area contributed by atoms with Crippen LogP contribution < -0.4 is 0 Å². The molecule has 0 unspecified atom stereocenters. The first-order valence-electron chi connectivity index (χ1n) is 6.41. The van der Waals surface area contributed by atoms with E-state index in [1.165, 1.54) is 6.92 Å². The second-order valence-electron chi connectivity index (χ2n) is 4.42. The molecule has 2 aliphatic rings. The fraction of sp³-hybridized carbons (Fsp3) is 0.615. The Balaban J connectivity index is 0.000000200. The summed E-state index contributed by atoms with van der Waals surface area (Å²) in [6.45, 7) is 9.41. The Kier molecular flexibility index (Phi) is 7.15. The summed E-state index contributed by atoms with van der Waals surface area (Å²) >= 11 is 3.43. The third kappa shape index (κ3) is 5.20. The van der Waals surface area contributed by atoms with E-state index in [2.05, 4.69) is 21.5 Å². The van der Waals surface area contributed by atoms with Gasteiger partial charge in [0.05, 0.1) is 0 Å². The topological polar surface area (TPSA) is 48.3 Å². The van der Waals surface area contributed by atoms with Crippen LogP contribution in [0.25, 0.3) is 0 Å². The van der Waals surface area contributed by atoms with E-state index >= 15 is 0 Å². The average Bonchev–Trinajstić information content (AvgIpc) is 2.99. The number of carbonyl (C=O) groups is 1. The molecule has 1 amide bonds. The molecule has 0 aromatic heterocycles. The third-order valence-corrected chi connectivity index (χ3v) is 4.76. The van der Waals surface area contributed by atoms with E-state index in [0.29, 0.717) is 0 Å². The molecule has 2 rings (SSSR count). The summed E-state index contributed by atoms with van der Waals surface area (Å²) in [5.74, 6) is 2.07. The van der Waals surface area contributed by atoms with E-state index in [1.54, 1.807) is 23.5 Å². The highest BCUT2D eigenvalue weighted by molar-refractivity contribution is 8.14. The van der Waals surface area contributed by atoms with E-state index in [-0.39, 0.29) is 5.91 Å². The molecule has 2 heterocycles. The van der Waals surface area contributed by atoms with Crippen LogP contribution >= 0.6 is 23.5 Å². The molecular weight excluding hydrogens is 292 g/mol. The Morgan fingerprint density at radius 3 is 2.20 bits per heavy atom. The van der Waals surface area contributed by atoms with E-state index in [4.69, 9.17) is 0 Å². The molecule has 2 saturated heterocycles. The number of carbonyl (C=O) groups excluding carboxylic acids is 1. The number of nitrogens with zero attached hydrogens (tertiary/aromatic N) is 4. The van der Waals surface area contributed by atoms with Gasteiger partial charge in [0.2, 0.25) is 5.91 Å². The number of aliphatic imine (C=N–C) groups is 2. The molecule has 7 heteroatoms. The number of hydrogen-bond acceptors (Lipinski definition) is 4. The van der Waals surface area contributed by atoms with Crippen LogP contribution in [-0.2, 0) is 4.79 Å². The fourth-order valence-electron chi connectivity index (χ4n) is 1.67. The summed E-state index contributed by atoms with van der Waals surface area (Å²) in [4.78, 5) is 22.6. The molecule has 112 valence electrons. The van der Waals surface area contributed by atoms with Crippen LogP contribution in [0.3, 0.4) is 0 Å². The number of thioether (sulfide) groups is 2. The number of amidine groups is 2. The SMILES string of the molecule is C=C(C)N1CCSC1=NC.CC(=O)N=C1SCCN1C. The van der Waals surface area contributed by atoms with Crippen LogP contribution in [0.5, 0.6) is 0 Å². The van der Waals surface area contributed by atoms with Crippen molar-refractivity contribution in [3.63, 3.8) is 0 Å². The molecule has 0 aromatic carbocycles. The zero-order valence-electron chi connectivity index (χ0n) is 12.5. The van der Waals surface area contributed by atoms with Crippen molar-refractivity contribution in [2.24, 2.45) is 9.98 Å². The van der Waals surface area contributed by atoms with Gasteiger partial charge in [-0.2, -0.15) is 4.99 Å².